The molecule has 162 valence electrons. The molecule has 3 N–H and O–H groups in total. The molecule has 1 saturated carbocycles. The molecule has 2 fully saturated rings. The van der Waals surface area contributed by atoms with E-state index in [0.29, 0.717) is 39.3 Å². The molecule has 3 aromatic heterocycles. The molecule has 0 amide bonds. The normalized spacial score (nSPS) is 22.6. The minimum absolute atomic E-state index is 0.259. The number of piperidine rings is 1. The number of nitrogens with one attached hydrogen (secondary N) is 2. The summed E-state index contributed by atoms with van der Waals surface area (Å²) in [5.74, 6) is 1.84. The van der Waals surface area contributed by atoms with Crippen molar-refractivity contribution < 1.29 is 5.11 Å². The molecule has 1 saturated heterocycles. The molecule has 4 heterocycles. The molecule has 31 heavy (non-hydrogen) atoms. The zero-order valence-electron chi connectivity index (χ0n) is 17.8. The first-order valence-corrected chi connectivity index (χ1v) is 10.9. The van der Waals surface area contributed by atoms with Gasteiger partial charge in [-0.1, -0.05) is 18.5 Å². The lowest BCUT2D eigenvalue weighted by Gasteiger charge is -2.23. The summed E-state index contributed by atoms with van der Waals surface area (Å²) in [5.41, 5.74) is 1.14. The van der Waals surface area contributed by atoms with Gasteiger partial charge in [-0.15, -0.1) is 0 Å². The molecule has 0 bridgehead atoms. The highest BCUT2D eigenvalue weighted by Gasteiger charge is 2.58. The van der Waals surface area contributed by atoms with Crippen molar-refractivity contribution in [1.82, 2.24) is 24.7 Å². The van der Waals surface area contributed by atoms with Gasteiger partial charge in [0.15, 0.2) is 5.15 Å². The number of aromatic nitrogens is 5. The fourth-order valence-electron chi connectivity index (χ4n) is 4.74. The van der Waals surface area contributed by atoms with Crippen LogP contribution in [0.25, 0.3) is 11.0 Å². The van der Waals surface area contributed by atoms with Crippen LogP contribution in [0.2, 0.25) is 5.15 Å². The molecule has 0 spiro atoms. The van der Waals surface area contributed by atoms with Gasteiger partial charge in [0.2, 0.25) is 5.95 Å². The number of aromatic amines is 1. The smallest absolute Gasteiger partial charge is 0.231 e. The number of nitrogens with zero attached hydrogens (tertiary/aromatic N) is 6. The predicted molar refractivity (Wildman–Crippen MR) is 118 cm³/mol. The molecule has 1 aliphatic carbocycles. The van der Waals surface area contributed by atoms with Gasteiger partial charge in [0.1, 0.15) is 17.5 Å². The molecule has 2 atom stereocenters. The Bertz CT molecular complexity index is 1200. The van der Waals surface area contributed by atoms with Crippen LogP contribution in [-0.4, -0.2) is 48.5 Å². The van der Waals surface area contributed by atoms with Gasteiger partial charge < -0.3 is 20.3 Å². The van der Waals surface area contributed by atoms with Crippen LogP contribution in [0, 0.1) is 22.7 Å². The van der Waals surface area contributed by atoms with Gasteiger partial charge in [0.25, 0.3) is 0 Å². The predicted octanol–water partition coefficient (Wildman–Crippen LogP) is 3.43. The summed E-state index contributed by atoms with van der Waals surface area (Å²) in [4.78, 5) is 14.7. The minimum Gasteiger partial charge on any atom is -0.389 e. The Labute approximate surface area is 185 Å². The summed E-state index contributed by atoms with van der Waals surface area (Å²) >= 11 is 6.46. The fraction of sp³-hybridized carbons (Fsp3) is 0.524. The zero-order valence-corrected chi connectivity index (χ0v) is 18.5. The van der Waals surface area contributed by atoms with Crippen LogP contribution in [0.4, 0.5) is 17.5 Å². The highest BCUT2D eigenvalue weighted by molar-refractivity contribution is 6.32. The molecule has 5 rings (SSSR count). The van der Waals surface area contributed by atoms with E-state index in [-0.39, 0.29) is 6.54 Å². The highest BCUT2D eigenvalue weighted by atomic mass is 35.5. The van der Waals surface area contributed by atoms with Gasteiger partial charge in [0.05, 0.1) is 35.0 Å². The first-order chi connectivity index (χ1) is 14.7. The van der Waals surface area contributed by atoms with Crippen LogP contribution in [0.15, 0.2) is 12.4 Å². The van der Waals surface area contributed by atoms with E-state index in [1.54, 1.807) is 26.2 Å². The van der Waals surface area contributed by atoms with Crippen molar-refractivity contribution in [2.24, 2.45) is 11.3 Å². The molecule has 2 aliphatic rings. The van der Waals surface area contributed by atoms with Crippen LogP contribution in [0.3, 0.4) is 0 Å². The SMILES string of the molecule is CC[C@@]12C[C@@H]1CN(c1nc(Nc3cnn(CC(C)(C)O)c3Cl)nc3[nH]cc(C#N)c13)C2. The van der Waals surface area contributed by atoms with Gasteiger partial charge in [-0.05, 0) is 38.0 Å². The van der Waals surface area contributed by atoms with Crippen molar-refractivity contribution in [3.8, 4) is 6.07 Å². The van der Waals surface area contributed by atoms with Crippen LogP contribution in [0.5, 0.6) is 0 Å². The maximum absolute atomic E-state index is 10.1. The average Bonchev–Trinajstić information content (AvgIpc) is 3.00. The number of H-pyrrole nitrogens is 1. The number of hydrogen-bond acceptors (Lipinski definition) is 7. The second-order valence-electron chi connectivity index (χ2n) is 9.35. The lowest BCUT2D eigenvalue weighted by Crippen LogP contribution is -2.26. The van der Waals surface area contributed by atoms with Crippen molar-refractivity contribution in [3.63, 3.8) is 0 Å². The van der Waals surface area contributed by atoms with E-state index < -0.39 is 5.60 Å². The van der Waals surface area contributed by atoms with E-state index in [9.17, 15) is 10.4 Å². The molecular weight excluding hydrogens is 416 g/mol. The third-order valence-electron chi connectivity index (χ3n) is 6.50. The first kappa shape index (κ1) is 20.1. The lowest BCUT2D eigenvalue weighted by atomic mass is 10.0. The average molecular weight is 441 g/mol. The summed E-state index contributed by atoms with van der Waals surface area (Å²) in [6.07, 6.45) is 5.69. The van der Waals surface area contributed by atoms with Crippen LogP contribution in [0.1, 0.15) is 39.2 Å². The molecule has 0 radical (unpaired) electrons. The second-order valence-corrected chi connectivity index (χ2v) is 9.71. The minimum atomic E-state index is -0.945. The quantitative estimate of drug-likeness (QED) is 0.537. The van der Waals surface area contributed by atoms with Crippen molar-refractivity contribution in [2.45, 2.75) is 45.8 Å². The van der Waals surface area contributed by atoms with Crippen molar-refractivity contribution >= 4 is 40.1 Å². The van der Waals surface area contributed by atoms with Crippen LogP contribution in [-0.2, 0) is 6.54 Å². The van der Waals surface area contributed by atoms with E-state index in [2.05, 4.69) is 38.3 Å². The Kier molecular flexibility index (Phi) is 4.43. The highest BCUT2D eigenvalue weighted by Crippen LogP contribution is 2.60. The van der Waals surface area contributed by atoms with Crippen LogP contribution < -0.4 is 10.2 Å². The summed E-state index contributed by atoms with van der Waals surface area (Å²) in [7, 11) is 0. The number of rotatable bonds is 6. The molecule has 3 aromatic rings. The number of halogens is 1. The maximum Gasteiger partial charge on any atom is 0.231 e. The number of nitriles is 1. The standard InChI is InChI=1S/C21H25ClN8O/c1-4-21-5-13(21)9-29(11-21)18-15-12(6-23)7-24-17(15)27-19(28-18)26-14-8-25-30(16(14)22)10-20(2,3)31/h7-8,13,31H,4-5,9-11H2,1-3H3,(H2,24,26,27,28)/t13-,21+/m1/s1. The molecule has 9 nitrogen and oxygen atoms in total. The number of hydrogen-bond donors (Lipinski definition) is 3. The Hall–Kier alpha value is -2.83. The summed E-state index contributed by atoms with van der Waals surface area (Å²) in [5, 5.41) is 28.2. The van der Waals surface area contributed by atoms with Crippen LogP contribution >= 0.6 is 11.6 Å². The Balaban J connectivity index is 1.51. The zero-order chi connectivity index (χ0) is 22.0. The van der Waals surface area contributed by atoms with E-state index in [0.717, 1.165) is 30.7 Å². The fourth-order valence-corrected chi connectivity index (χ4v) is 4.94. The Morgan fingerprint density at radius 2 is 2.26 bits per heavy atom. The third-order valence-corrected chi connectivity index (χ3v) is 6.90. The second kappa shape index (κ2) is 6.84. The van der Waals surface area contributed by atoms with Gasteiger partial charge in [0, 0.05) is 19.3 Å². The topological polar surface area (TPSA) is 119 Å². The number of fused-ring (bicyclic) bond motifs is 2. The lowest BCUT2D eigenvalue weighted by molar-refractivity contribution is 0.0578. The van der Waals surface area contributed by atoms with E-state index in [4.69, 9.17) is 16.6 Å². The summed E-state index contributed by atoms with van der Waals surface area (Å²) in [6.45, 7) is 7.79. The van der Waals surface area contributed by atoms with Gasteiger partial charge in [-0.2, -0.15) is 20.3 Å². The van der Waals surface area contributed by atoms with E-state index in [1.165, 1.54) is 11.1 Å². The monoisotopic (exact) mass is 440 g/mol. The summed E-state index contributed by atoms with van der Waals surface area (Å²) in [6, 6.07) is 2.25. The third kappa shape index (κ3) is 3.40. The van der Waals surface area contributed by atoms with E-state index >= 15 is 0 Å². The molecule has 10 heteroatoms. The van der Waals surface area contributed by atoms with Gasteiger partial charge >= 0.3 is 0 Å². The van der Waals surface area contributed by atoms with Gasteiger partial charge in [-0.25, -0.2) is 4.68 Å². The van der Waals surface area contributed by atoms with Crippen molar-refractivity contribution in [3.05, 3.63) is 23.1 Å². The number of anilines is 3. The molecule has 0 aromatic carbocycles. The maximum atomic E-state index is 10.1. The molecular formula is C21H25ClN8O. The Morgan fingerprint density at radius 3 is 2.94 bits per heavy atom. The summed E-state index contributed by atoms with van der Waals surface area (Å²) < 4.78 is 1.53. The molecule has 0 unspecified atom stereocenters. The number of aliphatic hydroxyl groups is 1. The van der Waals surface area contributed by atoms with Crippen molar-refractivity contribution in [2.75, 3.05) is 23.3 Å². The Morgan fingerprint density at radius 1 is 1.45 bits per heavy atom. The first-order valence-electron chi connectivity index (χ1n) is 10.5. The molecule has 1 aliphatic heterocycles. The van der Waals surface area contributed by atoms with Crippen molar-refractivity contribution in [1.29, 1.82) is 5.26 Å². The largest absolute Gasteiger partial charge is 0.389 e. The van der Waals surface area contributed by atoms with E-state index in [1.807, 2.05) is 0 Å². The van der Waals surface area contributed by atoms with Gasteiger partial charge in [-0.3, -0.25) is 0 Å².